The van der Waals surface area contributed by atoms with Gasteiger partial charge in [-0.2, -0.15) is 5.10 Å². The van der Waals surface area contributed by atoms with Gasteiger partial charge in [-0.25, -0.2) is 19.0 Å². The van der Waals surface area contributed by atoms with E-state index in [0.29, 0.717) is 52.4 Å². The summed E-state index contributed by atoms with van der Waals surface area (Å²) in [6, 6.07) is 8.56. The molecule has 6 rings (SSSR count). The molecule has 0 unspecified atom stereocenters. The first-order valence-corrected chi connectivity index (χ1v) is 13.8. The third-order valence-electron chi connectivity index (χ3n) is 7.73. The van der Waals surface area contributed by atoms with Gasteiger partial charge >= 0.3 is 0 Å². The lowest BCUT2D eigenvalue weighted by Crippen LogP contribution is -2.51. The van der Waals surface area contributed by atoms with Crippen molar-refractivity contribution in [2.24, 2.45) is 11.8 Å². The number of pyridine rings is 1. The molecule has 200 valence electrons. The van der Waals surface area contributed by atoms with E-state index < -0.39 is 0 Å². The number of piperazine rings is 1. The van der Waals surface area contributed by atoms with Crippen LogP contribution in [0, 0.1) is 17.7 Å². The average Bonchev–Trinajstić information content (AvgIpc) is 3.54. The summed E-state index contributed by atoms with van der Waals surface area (Å²) in [6.07, 6.45) is 8.12. The van der Waals surface area contributed by atoms with E-state index in [-0.39, 0.29) is 36.0 Å². The van der Waals surface area contributed by atoms with Gasteiger partial charge in [0.1, 0.15) is 16.2 Å². The number of hydrogen-bond acceptors (Lipinski definition) is 6. The Bertz CT molecular complexity index is 1560. The normalized spacial score (nSPS) is 19.7. The van der Waals surface area contributed by atoms with Crippen LogP contribution in [0.4, 0.5) is 4.39 Å². The van der Waals surface area contributed by atoms with Crippen LogP contribution in [0.3, 0.4) is 0 Å². The summed E-state index contributed by atoms with van der Waals surface area (Å²) in [5.74, 6) is 0.551. The fourth-order valence-corrected chi connectivity index (χ4v) is 5.96. The van der Waals surface area contributed by atoms with Gasteiger partial charge in [-0.1, -0.05) is 6.07 Å². The van der Waals surface area contributed by atoms with Crippen molar-refractivity contribution in [3.05, 3.63) is 65.2 Å². The zero-order valence-corrected chi connectivity index (χ0v) is 23.0. The number of benzene rings is 1. The third kappa shape index (κ3) is 5.03. The van der Waals surface area contributed by atoms with Gasteiger partial charge in [0, 0.05) is 68.3 Å². The van der Waals surface area contributed by atoms with Gasteiger partial charge in [-0.3, -0.25) is 14.6 Å². The van der Waals surface area contributed by atoms with E-state index in [1.807, 2.05) is 12.1 Å². The highest BCUT2D eigenvalue weighted by molar-refractivity contribution is 9.10. The molecule has 4 heterocycles. The quantitative estimate of drug-likeness (QED) is 0.347. The minimum atomic E-state index is -0.377. The highest BCUT2D eigenvalue weighted by Gasteiger charge is 2.35. The molecule has 39 heavy (non-hydrogen) atoms. The van der Waals surface area contributed by atoms with Crippen LogP contribution in [0.25, 0.3) is 27.8 Å². The van der Waals surface area contributed by atoms with Crippen molar-refractivity contribution in [2.75, 3.05) is 26.7 Å². The number of aromatic nitrogens is 5. The van der Waals surface area contributed by atoms with Crippen LogP contribution in [-0.4, -0.2) is 73.0 Å². The molecular formula is C28H27BrFN7O2. The number of hydrogen-bond donors (Lipinski definition) is 0. The minimum absolute atomic E-state index is 0.0137. The fourth-order valence-electron chi connectivity index (χ4n) is 5.52. The molecule has 2 aliphatic rings. The van der Waals surface area contributed by atoms with E-state index in [1.165, 1.54) is 6.07 Å². The number of nitrogens with zero attached hydrogens (tertiary/aromatic N) is 7. The number of carbonyl (C=O) groups is 2. The summed E-state index contributed by atoms with van der Waals surface area (Å²) in [6.45, 7) is 1.33. The van der Waals surface area contributed by atoms with Crippen molar-refractivity contribution in [3.63, 3.8) is 0 Å². The number of fused-ring (bicyclic) bond motifs is 1. The molecule has 1 saturated carbocycles. The Hall–Kier alpha value is -3.73. The molecule has 1 aromatic carbocycles. The van der Waals surface area contributed by atoms with Crippen molar-refractivity contribution >= 4 is 38.8 Å². The lowest BCUT2D eigenvalue weighted by Gasteiger charge is -2.33. The van der Waals surface area contributed by atoms with Crippen molar-refractivity contribution in [2.45, 2.75) is 25.7 Å². The van der Waals surface area contributed by atoms with Crippen LogP contribution in [0.5, 0.6) is 0 Å². The highest BCUT2D eigenvalue weighted by Crippen LogP contribution is 2.35. The first-order chi connectivity index (χ1) is 18.9. The summed E-state index contributed by atoms with van der Waals surface area (Å²) in [7, 11) is 1.77. The van der Waals surface area contributed by atoms with Crippen LogP contribution < -0.4 is 0 Å². The number of likely N-dealkylation sites (N-methyl/N-ethyl adjacent to an activating group) is 1. The summed E-state index contributed by atoms with van der Waals surface area (Å²) in [5.41, 5.74) is 2.30. The van der Waals surface area contributed by atoms with E-state index in [1.54, 1.807) is 52.3 Å². The van der Waals surface area contributed by atoms with E-state index in [4.69, 9.17) is 4.98 Å². The summed E-state index contributed by atoms with van der Waals surface area (Å²) >= 11 is 3.48. The largest absolute Gasteiger partial charge is 0.342 e. The summed E-state index contributed by atoms with van der Waals surface area (Å²) < 4.78 is 17.3. The van der Waals surface area contributed by atoms with Gasteiger partial charge < -0.3 is 9.80 Å². The Morgan fingerprint density at radius 1 is 1.18 bits per heavy atom. The Labute approximate surface area is 233 Å². The van der Waals surface area contributed by atoms with Crippen LogP contribution in [0.2, 0.25) is 0 Å². The van der Waals surface area contributed by atoms with Gasteiger partial charge in [0.25, 0.3) is 0 Å². The molecule has 11 heteroatoms. The smallest absolute Gasteiger partial charge is 0.241 e. The van der Waals surface area contributed by atoms with Crippen molar-refractivity contribution in [3.8, 4) is 16.8 Å². The highest BCUT2D eigenvalue weighted by atomic mass is 79.9. The van der Waals surface area contributed by atoms with Crippen molar-refractivity contribution in [1.29, 1.82) is 0 Å². The Morgan fingerprint density at radius 2 is 2.05 bits per heavy atom. The molecule has 2 fully saturated rings. The number of halogens is 2. The molecular weight excluding hydrogens is 565 g/mol. The van der Waals surface area contributed by atoms with Gasteiger partial charge in [-0.15, -0.1) is 0 Å². The molecule has 4 aromatic rings. The number of amides is 2. The second-order valence-electron chi connectivity index (χ2n) is 10.3. The average molecular weight is 592 g/mol. The molecule has 1 aliphatic heterocycles. The third-order valence-corrected chi connectivity index (χ3v) is 8.32. The standard InChI is InChI=1S/C28H27BrFN7O2/c1-35-9-10-36(16-25(35)38)28(39)18-5-4-17(11-18)12-24-32-15-22-26(29)34-37(27(22)33-24)20-6-7-21(23(30)13-20)19-3-2-8-31-14-19/h2-3,6-8,13-15,17-18H,4-5,9-12,16H2,1H3/t17-,18-/m1/s1. The van der Waals surface area contributed by atoms with Gasteiger partial charge in [-0.05, 0) is 59.3 Å². The first kappa shape index (κ1) is 25.5. The van der Waals surface area contributed by atoms with E-state index in [0.717, 1.165) is 24.6 Å². The SMILES string of the molecule is CN1CCN(C(=O)[C@@H]2CC[C@@H](Cc3ncc4c(Br)nn(-c5ccc(-c6cccnc6)c(F)c5)c4n3)C2)CC1=O. The zero-order valence-electron chi connectivity index (χ0n) is 21.4. The molecule has 3 aromatic heterocycles. The van der Waals surface area contributed by atoms with E-state index in [2.05, 4.69) is 31.0 Å². The molecule has 1 aliphatic carbocycles. The number of rotatable bonds is 5. The lowest BCUT2D eigenvalue weighted by molar-refractivity contribution is -0.146. The molecule has 0 radical (unpaired) electrons. The minimum Gasteiger partial charge on any atom is -0.342 e. The maximum atomic E-state index is 15.1. The Balaban J connectivity index is 1.20. The van der Waals surface area contributed by atoms with Crippen LogP contribution in [0.15, 0.2) is 53.5 Å². The fraction of sp³-hybridized carbons (Fsp3) is 0.357. The molecule has 0 N–H and O–H groups in total. The molecule has 2 amide bonds. The van der Waals surface area contributed by atoms with Gasteiger partial charge in [0.15, 0.2) is 5.65 Å². The topological polar surface area (TPSA) is 97.1 Å². The maximum absolute atomic E-state index is 15.1. The van der Waals surface area contributed by atoms with Crippen LogP contribution >= 0.6 is 15.9 Å². The number of carbonyl (C=O) groups excluding carboxylic acids is 2. The summed E-state index contributed by atoms with van der Waals surface area (Å²) in [4.78, 5) is 41.9. The van der Waals surface area contributed by atoms with Crippen LogP contribution in [0.1, 0.15) is 25.1 Å². The predicted molar refractivity (Wildman–Crippen MR) is 146 cm³/mol. The van der Waals surface area contributed by atoms with Gasteiger partial charge in [0.05, 0.1) is 17.6 Å². The maximum Gasteiger partial charge on any atom is 0.241 e. The molecule has 0 bridgehead atoms. The van der Waals surface area contributed by atoms with Gasteiger partial charge in [0.2, 0.25) is 11.8 Å². The van der Waals surface area contributed by atoms with Crippen LogP contribution in [-0.2, 0) is 16.0 Å². The monoisotopic (exact) mass is 591 g/mol. The molecule has 0 spiro atoms. The van der Waals surface area contributed by atoms with Crippen molar-refractivity contribution in [1.82, 2.24) is 34.5 Å². The molecule has 1 saturated heterocycles. The first-order valence-electron chi connectivity index (χ1n) is 13.0. The second kappa shape index (κ2) is 10.4. The lowest BCUT2D eigenvalue weighted by atomic mass is 10.00. The van der Waals surface area contributed by atoms with E-state index in [9.17, 15) is 9.59 Å². The predicted octanol–water partition coefficient (Wildman–Crippen LogP) is 4.04. The zero-order chi connectivity index (χ0) is 27.1. The molecule has 9 nitrogen and oxygen atoms in total. The Morgan fingerprint density at radius 3 is 2.82 bits per heavy atom. The van der Waals surface area contributed by atoms with E-state index >= 15 is 4.39 Å². The Kier molecular flexibility index (Phi) is 6.84. The second-order valence-corrected chi connectivity index (χ2v) is 11.0. The molecule has 2 atom stereocenters. The summed E-state index contributed by atoms with van der Waals surface area (Å²) in [5, 5.41) is 5.28. The van der Waals surface area contributed by atoms with Crippen molar-refractivity contribution < 1.29 is 14.0 Å².